The van der Waals surface area contributed by atoms with Gasteiger partial charge in [0, 0.05) is 20.4 Å². The van der Waals surface area contributed by atoms with Crippen LogP contribution in [0, 0.1) is 26.6 Å². The standard InChI is InChI=1S/C5H8N2O2S3.4CO.Re/c1-2-9-4(8)6-3(10)7-5(11)12;4*1-2;/h2H2,1H3,(H3,6,7,8,10,11,12);;;;;/p-1. The van der Waals surface area contributed by atoms with Gasteiger partial charge in [0.2, 0.25) is 0 Å². The van der Waals surface area contributed by atoms with Crippen molar-refractivity contribution < 1.29 is 48.6 Å². The molecule has 1 radical (unpaired) electrons. The van der Waals surface area contributed by atoms with E-state index in [0.717, 1.165) is 0 Å². The summed E-state index contributed by atoms with van der Waals surface area (Å²) in [5, 5.41) is 4.66. The topological polar surface area (TPSA) is 130 Å². The molecule has 0 heterocycles. The Balaban J connectivity index is -0.0000000537. The molecule has 0 aliphatic carbocycles. The van der Waals surface area contributed by atoms with Gasteiger partial charge >= 0.3 is 51.3 Å². The van der Waals surface area contributed by atoms with Crippen LogP contribution in [0.3, 0.4) is 0 Å². The number of rotatable bonds is 1. The molecule has 0 unspecified atom stereocenters. The molecule has 0 rings (SSSR count). The number of hydrogen-bond acceptors (Lipinski definition) is 5. The van der Waals surface area contributed by atoms with Crippen LogP contribution in [0.15, 0.2) is 0 Å². The molecule has 0 aromatic carbocycles. The monoisotopic (exact) mass is 522 g/mol. The Morgan fingerprint density at radius 1 is 1.05 bits per heavy atom. The second kappa shape index (κ2) is 42.7. The van der Waals surface area contributed by atoms with Crippen LogP contribution in [0.25, 0.3) is 0 Å². The Morgan fingerprint density at radius 3 is 1.62 bits per heavy atom. The first-order valence-corrected chi connectivity index (χ1v) is 5.06. The number of thiocarbonyl (C=S) groups is 2. The van der Waals surface area contributed by atoms with E-state index in [0.29, 0.717) is 0 Å². The van der Waals surface area contributed by atoms with E-state index in [-0.39, 0.29) is 36.5 Å². The minimum absolute atomic E-state index is 0. The van der Waals surface area contributed by atoms with Gasteiger partial charge in [-0.1, -0.05) is 4.32 Å². The van der Waals surface area contributed by atoms with Gasteiger partial charge < -0.3 is 34.9 Å². The fourth-order valence-electron chi connectivity index (χ4n) is 0.384. The molecule has 2 N–H and O–H groups in total. The zero-order valence-electron chi connectivity index (χ0n) is 10.3. The first kappa shape index (κ1) is 36.9. The largest absolute Gasteiger partial charge is 0 e. The van der Waals surface area contributed by atoms with Gasteiger partial charge in [0.05, 0.1) is 6.61 Å². The van der Waals surface area contributed by atoms with Crippen LogP contribution in [-0.2, 0) is 56.4 Å². The average molecular weight is 522 g/mol. The number of alkyl carbamates (subject to hydrolysis) is 1. The number of carbonyl (C=O) groups excluding carboxylic acids is 1. The number of ether oxygens (including phenoxy) is 1. The maximum absolute atomic E-state index is 10.7. The van der Waals surface area contributed by atoms with E-state index in [2.05, 4.69) is 79.0 Å². The molecule has 0 aromatic rings. The summed E-state index contributed by atoms with van der Waals surface area (Å²) in [6.07, 6.45) is -0.624. The molecule has 8 nitrogen and oxygen atoms in total. The van der Waals surface area contributed by atoms with Gasteiger partial charge in [-0.3, -0.25) is 5.32 Å². The first-order chi connectivity index (χ1) is 9.56. The van der Waals surface area contributed by atoms with Crippen molar-refractivity contribution in [3.63, 3.8) is 0 Å². The maximum Gasteiger partial charge on any atom is 0 e. The van der Waals surface area contributed by atoms with E-state index in [1.54, 1.807) is 6.92 Å². The van der Waals surface area contributed by atoms with Gasteiger partial charge in [-0.15, -0.1) is 0 Å². The molecule has 0 aliphatic heterocycles. The van der Waals surface area contributed by atoms with Crippen LogP contribution >= 0.6 is 24.4 Å². The molecule has 0 atom stereocenters. The van der Waals surface area contributed by atoms with E-state index in [4.69, 9.17) is 18.6 Å². The molecular weight excluding hydrogens is 515 g/mol. The van der Waals surface area contributed by atoms with Crippen LogP contribution < -0.4 is 10.6 Å². The summed E-state index contributed by atoms with van der Waals surface area (Å²) < 4.78 is 34.6. The van der Waals surface area contributed by atoms with Crippen molar-refractivity contribution in [2.24, 2.45) is 0 Å². The van der Waals surface area contributed by atoms with Crippen molar-refractivity contribution in [1.29, 1.82) is 0 Å². The minimum Gasteiger partial charge on any atom is 0 e. The molecule has 0 aromatic heterocycles. The summed E-state index contributed by atoms with van der Waals surface area (Å²) in [6, 6.07) is 0. The fourth-order valence-corrected chi connectivity index (χ4v) is 0.903. The first-order valence-electron chi connectivity index (χ1n) is 3.83. The molecular formula is C9H7N2O6ReS3-. The van der Waals surface area contributed by atoms with Crippen LogP contribution in [0.1, 0.15) is 6.92 Å². The predicted molar refractivity (Wildman–Crippen MR) is 71.6 cm³/mol. The van der Waals surface area contributed by atoms with Crippen LogP contribution in [0.5, 0.6) is 0 Å². The zero-order chi connectivity index (χ0) is 17.6. The smallest absolute Gasteiger partial charge is 0 e. The Morgan fingerprint density at radius 2 is 1.38 bits per heavy atom. The van der Waals surface area contributed by atoms with E-state index >= 15 is 0 Å². The molecule has 0 aliphatic rings. The Labute approximate surface area is 151 Å². The zero-order valence-corrected chi connectivity index (χ0v) is 15.4. The Bertz CT molecular complexity index is 332. The SMILES string of the molecule is CCOC(=O)NC(=S)NC(=S)[S-].[C-]#[O+].[C-]#[O+].[C-]#[O+].[C-]#[O+].[Re]. The summed E-state index contributed by atoms with van der Waals surface area (Å²) in [4.78, 5) is 10.7. The quantitative estimate of drug-likeness (QED) is 0.221. The van der Waals surface area contributed by atoms with E-state index in [9.17, 15) is 4.79 Å². The second-order valence-corrected chi connectivity index (χ2v) is 3.07. The molecule has 0 fully saturated rings. The average Bonchev–Trinajstić information content (AvgIpc) is 2.46. The van der Waals surface area contributed by atoms with Gasteiger partial charge in [0.15, 0.2) is 5.11 Å². The Hall–Kier alpha value is -0.908. The number of amides is 1. The van der Waals surface area contributed by atoms with Crippen LogP contribution in [0.2, 0.25) is 0 Å². The summed E-state index contributed by atoms with van der Waals surface area (Å²) in [5.41, 5.74) is 0. The Kier molecular flexibility index (Phi) is 75.1. The van der Waals surface area contributed by atoms with Crippen molar-refractivity contribution in [3.8, 4) is 0 Å². The van der Waals surface area contributed by atoms with Crippen molar-refractivity contribution in [2.75, 3.05) is 6.61 Å². The number of carbonyl (C=O) groups is 1. The second-order valence-electron chi connectivity index (χ2n) is 1.59. The van der Waals surface area contributed by atoms with Crippen LogP contribution in [0.4, 0.5) is 4.79 Å². The van der Waals surface area contributed by atoms with Crippen molar-refractivity contribution in [1.82, 2.24) is 10.6 Å². The van der Waals surface area contributed by atoms with Crippen LogP contribution in [-0.4, -0.2) is 22.1 Å². The predicted octanol–water partition coefficient (Wildman–Crippen LogP) is 0.286. The fraction of sp³-hybridized carbons (Fsp3) is 0.222. The maximum atomic E-state index is 10.7. The van der Waals surface area contributed by atoms with Gasteiger partial charge in [0.25, 0.3) is 0 Å². The molecule has 0 saturated carbocycles. The molecule has 0 saturated heterocycles. The van der Waals surface area contributed by atoms with Crippen molar-refractivity contribution in [2.45, 2.75) is 6.92 Å². The van der Waals surface area contributed by atoms with E-state index < -0.39 is 6.09 Å². The normalized spacial score (nSPS) is 5.19. The number of nitrogens with one attached hydrogen (secondary N) is 2. The molecule has 0 spiro atoms. The molecule has 1 amide bonds. The van der Waals surface area contributed by atoms with Crippen molar-refractivity contribution >= 4 is 52.6 Å². The van der Waals surface area contributed by atoms with Gasteiger partial charge in [0.1, 0.15) is 0 Å². The number of hydrogen-bond donors (Lipinski definition) is 2. The molecule has 12 heteroatoms. The van der Waals surface area contributed by atoms with Crippen molar-refractivity contribution in [3.05, 3.63) is 26.6 Å². The molecule has 115 valence electrons. The summed E-state index contributed by atoms with van der Waals surface area (Å²) in [7, 11) is 0. The molecule has 0 bridgehead atoms. The summed E-state index contributed by atoms with van der Waals surface area (Å²) in [5.74, 6) is 0. The minimum atomic E-state index is -0.624. The van der Waals surface area contributed by atoms with E-state index in [1.807, 2.05) is 0 Å². The molecule has 21 heavy (non-hydrogen) atoms. The third-order valence-corrected chi connectivity index (χ3v) is 1.11. The summed E-state index contributed by atoms with van der Waals surface area (Å²) >= 11 is 13.7. The third-order valence-electron chi connectivity index (χ3n) is 0.707. The summed E-state index contributed by atoms with van der Waals surface area (Å²) in [6.45, 7) is 20.0. The van der Waals surface area contributed by atoms with Gasteiger partial charge in [-0.2, -0.15) is 0 Å². The van der Waals surface area contributed by atoms with Gasteiger partial charge in [-0.05, 0) is 19.1 Å². The van der Waals surface area contributed by atoms with E-state index in [1.165, 1.54) is 0 Å². The van der Waals surface area contributed by atoms with Gasteiger partial charge in [-0.25, -0.2) is 4.79 Å². The third kappa shape index (κ3) is 54.8.